The number of hydrogen-bond donors (Lipinski definition) is 1. The Morgan fingerprint density at radius 2 is 2.00 bits per heavy atom. The zero-order valence-electron chi connectivity index (χ0n) is 13.0. The van der Waals surface area contributed by atoms with Crippen molar-refractivity contribution in [1.29, 1.82) is 0 Å². The molecule has 1 N–H and O–H groups in total. The molecular formula is C17H18N2O3S. The molecule has 0 aliphatic rings. The Labute approximate surface area is 138 Å². The van der Waals surface area contributed by atoms with Gasteiger partial charge in [0, 0.05) is 19.3 Å². The Morgan fingerprint density at radius 3 is 2.74 bits per heavy atom. The van der Waals surface area contributed by atoms with E-state index >= 15 is 0 Å². The summed E-state index contributed by atoms with van der Waals surface area (Å²) in [5.74, 6) is 2.33. The van der Waals surface area contributed by atoms with E-state index in [1.165, 1.54) is 0 Å². The first kappa shape index (κ1) is 15.6. The number of nitrogens with one attached hydrogen (secondary N) is 1. The van der Waals surface area contributed by atoms with Crippen LogP contribution in [0.25, 0.3) is 10.6 Å². The highest BCUT2D eigenvalue weighted by Crippen LogP contribution is 2.28. The van der Waals surface area contributed by atoms with Crippen molar-refractivity contribution < 1.29 is 13.9 Å². The fourth-order valence-corrected chi connectivity index (χ4v) is 3.08. The molecule has 0 radical (unpaired) electrons. The Morgan fingerprint density at radius 1 is 1.13 bits per heavy atom. The summed E-state index contributed by atoms with van der Waals surface area (Å²) in [7, 11) is 3.27. The largest absolute Gasteiger partial charge is 0.493 e. The van der Waals surface area contributed by atoms with Crippen LogP contribution >= 0.6 is 11.3 Å². The smallest absolute Gasteiger partial charge is 0.161 e. The van der Waals surface area contributed by atoms with Crippen LogP contribution in [0.2, 0.25) is 0 Å². The number of benzene rings is 1. The van der Waals surface area contributed by atoms with E-state index in [0.29, 0.717) is 6.54 Å². The van der Waals surface area contributed by atoms with Crippen LogP contribution in [-0.4, -0.2) is 19.2 Å². The lowest BCUT2D eigenvalue weighted by molar-refractivity contribution is 0.354. The molecule has 0 amide bonds. The predicted molar refractivity (Wildman–Crippen MR) is 89.9 cm³/mol. The zero-order chi connectivity index (χ0) is 16.1. The molecule has 5 nitrogen and oxygen atoms in total. The first-order valence-electron chi connectivity index (χ1n) is 7.20. The monoisotopic (exact) mass is 330 g/mol. The normalized spacial score (nSPS) is 10.7. The minimum absolute atomic E-state index is 0.708. The molecule has 2 heterocycles. The molecule has 0 unspecified atom stereocenters. The van der Waals surface area contributed by atoms with Gasteiger partial charge in [0.15, 0.2) is 11.5 Å². The van der Waals surface area contributed by atoms with Crippen molar-refractivity contribution in [1.82, 2.24) is 10.3 Å². The molecule has 3 aromatic rings. The summed E-state index contributed by atoms with van der Waals surface area (Å²) >= 11 is 1.63. The van der Waals surface area contributed by atoms with Gasteiger partial charge in [0.25, 0.3) is 0 Å². The molecule has 0 saturated carbocycles. The standard InChI is InChI=1S/C17H18N2O3S/c1-20-13-6-5-12(8-15(13)21-2)9-18-11-17-19-10-16(23-17)14-4-3-7-22-14/h3-8,10,18H,9,11H2,1-2H3. The number of furan rings is 1. The molecule has 120 valence electrons. The molecule has 0 aliphatic heterocycles. The van der Waals surface area contributed by atoms with Crippen LogP contribution < -0.4 is 14.8 Å². The summed E-state index contributed by atoms with van der Waals surface area (Å²) in [4.78, 5) is 5.46. The SMILES string of the molecule is COc1ccc(CNCc2ncc(-c3ccco3)s2)cc1OC. The first-order chi connectivity index (χ1) is 11.3. The van der Waals surface area contributed by atoms with Gasteiger partial charge in [-0.1, -0.05) is 6.07 Å². The van der Waals surface area contributed by atoms with E-state index in [-0.39, 0.29) is 0 Å². The summed E-state index contributed by atoms with van der Waals surface area (Å²) in [5.41, 5.74) is 1.13. The van der Waals surface area contributed by atoms with Crippen molar-refractivity contribution in [3.63, 3.8) is 0 Å². The highest BCUT2D eigenvalue weighted by Gasteiger charge is 2.07. The average Bonchev–Trinajstić information content (AvgIpc) is 3.26. The lowest BCUT2D eigenvalue weighted by Gasteiger charge is -2.09. The molecule has 0 saturated heterocycles. The van der Waals surface area contributed by atoms with Gasteiger partial charge in [0.1, 0.15) is 10.8 Å². The number of ether oxygens (including phenoxy) is 2. The quantitative estimate of drug-likeness (QED) is 0.716. The van der Waals surface area contributed by atoms with Gasteiger partial charge < -0.3 is 19.2 Å². The molecule has 0 spiro atoms. The second-order valence-corrected chi connectivity index (χ2v) is 6.00. The van der Waals surface area contributed by atoms with Crippen molar-refractivity contribution in [2.45, 2.75) is 13.1 Å². The van der Waals surface area contributed by atoms with E-state index in [4.69, 9.17) is 13.9 Å². The molecule has 23 heavy (non-hydrogen) atoms. The lowest BCUT2D eigenvalue weighted by atomic mass is 10.2. The topological polar surface area (TPSA) is 56.5 Å². The van der Waals surface area contributed by atoms with Gasteiger partial charge in [-0.25, -0.2) is 4.98 Å². The van der Waals surface area contributed by atoms with E-state index in [1.807, 2.05) is 36.5 Å². The van der Waals surface area contributed by atoms with Crippen molar-refractivity contribution in [2.24, 2.45) is 0 Å². The summed E-state index contributed by atoms with van der Waals surface area (Å²) < 4.78 is 15.9. The first-order valence-corrected chi connectivity index (χ1v) is 8.02. The third-order valence-corrected chi connectivity index (χ3v) is 4.38. The molecule has 0 bridgehead atoms. The van der Waals surface area contributed by atoms with Crippen LogP contribution in [0.4, 0.5) is 0 Å². The maximum Gasteiger partial charge on any atom is 0.161 e. The zero-order valence-corrected chi connectivity index (χ0v) is 13.9. The van der Waals surface area contributed by atoms with E-state index in [0.717, 1.165) is 39.3 Å². The second kappa shape index (κ2) is 7.30. The van der Waals surface area contributed by atoms with Gasteiger partial charge in [-0.15, -0.1) is 11.3 Å². The second-order valence-electron chi connectivity index (χ2n) is 4.89. The Hall–Kier alpha value is -2.31. The predicted octanol–water partition coefficient (Wildman–Crippen LogP) is 3.71. The van der Waals surface area contributed by atoms with Crippen LogP contribution in [0.1, 0.15) is 10.6 Å². The van der Waals surface area contributed by atoms with Crippen LogP contribution in [0.3, 0.4) is 0 Å². The molecule has 6 heteroatoms. The van der Waals surface area contributed by atoms with Crippen molar-refractivity contribution in [3.8, 4) is 22.1 Å². The fraction of sp³-hybridized carbons (Fsp3) is 0.235. The Kier molecular flexibility index (Phi) is 4.95. The summed E-state index contributed by atoms with van der Waals surface area (Å²) in [5, 5.41) is 4.41. The van der Waals surface area contributed by atoms with Gasteiger partial charge in [-0.05, 0) is 29.8 Å². The third-order valence-electron chi connectivity index (χ3n) is 3.37. The molecule has 1 aromatic carbocycles. The maximum absolute atomic E-state index is 5.38. The Balaban J connectivity index is 1.57. The molecule has 3 rings (SSSR count). The third kappa shape index (κ3) is 3.72. The summed E-state index contributed by atoms with van der Waals surface area (Å²) in [6.45, 7) is 1.44. The van der Waals surface area contributed by atoms with E-state index in [1.54, 1.807) is 31.8 Å². The van der Waals surface area contributed by atoms with Crippen molar-refractivity contribution >= 4 is 11.3 Å². The van der Waals surface area contributed by atoms with Crippen LogP contribution in [0.15, 0.2) is 47.2 Å². The molecule has 0 atom stereocenters. The number of aromatic nitrogens is 1. The lowest BCUT2D eigenvalue weighted by Crippen LogP contribution is -2.12. The Bertz CT molecular complexity index is 753. The molecule has 0 fully saturated rings. The molecule has 2 aromatic heterocycles. The minimum Gasteiger partial charge on any atom is -0.493 e. The molecular weight excluding hydrogens is 312 g/mol. The highest BCUT2D eigenvalue weighted by atomic mass is 32.1. The number of thiazole rings is 1. The number of rotatable bonds is 7. The number of nitrogens with zero attached hydrogens (tertiary/aromatic N) is 1. The average molecular weight is 330 g/mol. The van der Waals surface area contributed by atoms with E-state index < -0.39 is 0 Å². The fourth-order valence-electron chi connectivity index (χ4n) is 2.23. The van der Waals surface area contributed by atoms with Gasteiger partial charge >= 0.3 is 0 Å². The van der Waals surface area contributed by atoms with Crippen LogP contribution in [-0.2, 0) is 13.1 Å². The van der Waals surface area contributed by atoms with E-state index in [2.05, 4.69) is 10.3 Å². The number of hydrogen-bond acceptors (Lipinski definition) is 6. The highest BCUT2D eigenvalue weighted by molar-refractivity contribution is 7.15. The summed E-state index contributed by atoms with van der Waals surface area (Å²) in [6, 6.07) is 9.72. The van der Waals surface area contributed by atoms with Crippen LogP contribution in [0, 0.1) is 0 Å². The van der Waals surface area contributed by atoms with Gasteiger partial charge in [-0.3, -0.25) is 0 Å². The van der Waals surface area contributed by atoms with Gasteiger partial charge in [-0.2, -0.15) is 0 Å². The van der Waals surface area contributed by atoms with Crippen LogP contribution in [0.5, 0.6) is 11.5 Å². The van der Waals surface area contributed by atoms with Gasteiger partial charge in [0.05, 0.1) is 25.4 Å². The van der Waals surface area contributed by atoms with Crippen molar-refractivity contribution in [3.05, 3.63) is 53.4 Å². The van der Waals surface area contributed by atoms with Gasteiger partial charge in [0.2, 0.25) is 0 Å². The molecule has 0 aliphatic carbocycles. The summed E-state index contributed by atoms with van der Waals surface area (Å²) in [6.07, 6.45) is 3.51. The maximum atomic E-state index is 5.38. The minimum atomic E-state index is 0.708. The number of methoxy groups -OCH3 is 2. The van der Waals surface area contributed by atoms with E-state index in [9.17, 15) is 0 Å². The van der Waals surface area contributed by atoms with Crippen molar-refractivity contribution in [2.75, 3.05) is 14.2 Å².